The molecule has 0 spiro atoms. The molecule has 6 nitrogen and oxygen atoms in total. The van der Waals surface area contributed by atoms with Gasteiger partial charge in [-0.05, 0) is 19.8 Å². The first-order valence-corrected chi connectivity index (χ1v) is 6.77. The molecule has 1 unspecified atom stereocenters. The van der Waals surface area contributed by atoms with Crippen molar-refractivity contribution in [1.29, 1.82) is 0 Å². The first-order valence-electron chi connectivity index (χ1n) is 5.33. The van der Waals surface area contributed by atoms with E-state index in [-0.39, 0.29) is 12.5 Å². The van der Waals surface area contributed by atoms with E-state index >= 15 is 0 Å². The summed E-state index contributed by atoms with van der Waals surface area (Å²) in [5, 5.41) is 8.97. The average molecular weight is 263 g/mol. The number of carbonyl (C=O) groups excluding carboxylic acids is 1. The molecule has 1 heterocycles. The first-order chi connectivity index (χ1) is 7.53. The molecule has 0 radical (unpaired) electrons. The Hall–Kier alpha value is -1.11. The largest absolute Gasteiger partial charge is 0.481 e. The summed E-state index contributed by atoms with van der Waals surface area (Å²) >= 11 is 0. The van der Waals surface area contributed by atoms with Crippen molar-refractivity contribution in [3.05, 3.63) is 0 Å². The molecule has 1 saturated heterocycles. The van der Waals surface area contributed by atoms with Crippen LogP contribution < -0.4 is 0 Å². The van der Waals surface area contributed by atoms with Crippen LogP contribution in [0.1, 0.15) is 27.7 Å². The standard InChI is InChI=1S/C10H17NO5S/c1-6(2)7(8(12)13)5-11-9(14)10(3,4)17(11,15)16/h6-7H,5H2,1-4H3,(H,12,13). The highest BCUT2D eigenvalue weighted by Gasteiger charge is 2.60. The lowest BCUT2D eigenvalue weighted by Gasteiger charge is -2.44. The Morgan fingerprint density at radius 2 is 1.88 bits per heavy atom. The second-order valence-corrected chi connectivity index (χ2v) is 7.45. The predicted octanol–water partition coefficient (Wildman–Crippen LogP) is 0.294. The van der Waals surface area contributed by atoms with Gasteiger partial charge < -0.3 is 5.11 Å². The Bertz CT molecular complexity index is 451. The van der Waals surface area contributed by atoms with Crippen LogP contribution >= 0.6 is 0 Å². The van der Waals surface area contributed by atoms with Crippen molar-refractivity contribution in [2.45, 2.75) is 32.4 Å². The minimum absolute atomic E-state index is 0.237. The summed E-state index contributed by atoms with van der Waals surface area (Å²) in [6.07, 6.45) is 0. The molecule has 1 amide bonds. The third kappa shape index (κ3) is 1.92. The van der Waals surface area contributed by atoms with Crippen LogP contribution in [-0.4, -0.2) is 41.0 Å². The van der Waals surface area contributed by atoms with Crippen LogP contribution in [0.4, 0.5) is 0 Å². The molecular weight excluding hydrogens is 246 g/mol. The zero-order valence-electron chi connectivity index (χ0n) is 10.3. The molecule has 0 saturated carbocycles. The summed E-state index contributed by atoms with van der Waals surface area (Å²) in [6, 6.07) is 0. The number of carboxylic acid groups (broad SMARTS) is 1. The minimum Gasteiger partial charge on any atom is -0.481 e. The zero-order chi connectivity index (χ0) is 13.6. The van der Waals surface area contributed by atoms with Gasteiger partial charge in [0.05, 0.1) is 12.5 Å². The van der Waals surface area contributed by atoms with Crippen molar-refractivity contribution in [3.63, 3.8) is 0 Å². The number of rotatable bonds is 4. The van der Waals surface area contributed by atoms with E-state index in [1.54, 1.807) is 13.8 Å². The van der Waals surface area contributed by atoms with Crippen molar-refractivity contribution in [1.82, 2.24) is 4.31 Å². The topological polar surface area (TPSA) is 91.8 Å². The van der Waals surface area contributed by atoms with Crippen molar-refractivity contribution >= 4 is 21.9 Å². The van der Waals surface area contributed by atoms with E-state index in [0.29, 0.717) is 4.31 Å². The van der Waals surface area contributed by atoms with Crippen LogP contribution in [0, 0.1) is 11.8 Å². The van der Waals surface area contributed by atoms with Crippen LogP contribution in [0.25, 0.3) is 0 Å². The van der Waals surface area contributed by atoms with Crippen molar-refractivity contribution in [2.24, 2.45) is 11.8 Å². The number of hydrogen-bond donors (Lipinski definition) is 1. The third-order valence-electron chi connectivity index (χ3n) is 3.16. The molecule has 0 aliphatic carbocycles. The van der Waals surface area contributed by atoms with E-state index in [1.807, 2.05) is 0 Å². The minimum atomic E-state index is -3.69. The predicted molar refractivity (Wildman–Crippen MR) is 60.7 cm³/mol. The summed E-state index contributed by atoms with van der Waals surface area (Å²) < 4.78 is 22.8. The molecule has 1 atom stereocenters. The van der Waals surface area contributed by atoms with Gasteiger partial charge in [0.1, 0.15) is 0 Å². The second-order valence-electron chi connectivity index (χ2n) is 5.04. The summed E-state index contributed by atoms with van der Waals surface area (Å²) in [4.78, 5) is 22.6. The molecular formula is C10H17NO5S. The van der Waals surface area contributed by atoms with E-state index in [1.165, 1.54) is 13.8 Å². The zero-order valence-corrected chi connectivity index (χ0v) is 11.1. The van der Waals surface area contributed by atoms with Crippen LogP contribution in [0.3, 0.4) is 0 Å². The molecule has 0 aromatic carbocycles. The third-order valence-corrected chi connectivity index (χ3v) is 5.52. The van der Waals surface area contributed by atoms with Gasteiger partial charge in [-0.1, -0.05) is 13.8 Å². The Labute approximate surface area is 101 Å². The molecule has 98 valence electrons. The maximum atomic E-state index is 11.8. The summed E-state index contributed by atoms with van der Waals surface area (Å²) in [7, 11) is -3.69. The summed E-state index contributed by atoms with van der Waals surface area (Å²) in [6.45, 7) is 5.73. The van der Waals surface area contributed by atoms with E-state index < -0.39 is 32.6 Å². The first kappa shape index (κ1) is 14.0. The van der Waals surface area contributed by atoms with Crippen LogP contribution in [0.15, 0.2) is 0 Å². The normalized spacial score (nSPS) is 23.4. The molecule has 0 aromatic rings. The van der Waals surface area contributed by atoms with Gasteiger partial charge in [-0.15, -0.1) is 0 Å². The van der Waals surface area contributed by atoms with Gasteiger partial charge in [0.25, 0.3) is 15.9 Å². The Morgan fingerprint density at radius 1 is 1.41 bits per heavy atom. The fourth-order valence-electron chi connectivity index (χ4n) is 1.69. The fourth-order valence-corrected chi connectivity index (χ4v) is 3.24. The second kappa shape index (κ2) is 3.97. The number of sulfonamides is 1. The number of nitrogens with zero attached hydrogens (tertiary/aromatic N) is 1. The number of carbonyl (C=O) groups is 2. The highest BCUT2D eigenvalue weighted by molar-refractivity contribution is 7.94. The van der Waals surface area contributed by atoms with Gasteiger partial charge in [0, 0.05) is 0 Å². The quantitative estimate of drug-likeness (QED) is 0.787. The van der Waals surface area contributed by atoms with Crippen LogP contribution in [0.5, 0.6) is 0 Å². The average Bonchev–Trinajstić information content (AvgIpc) is 2.15. The lowest BCUT2D eigenvalue weighted by molar-refractivity contribution is -0.144. The number of hydrogen-bond acceptors (Lipinski definition) is 4. The molecule has 1 N–H and O–H groups in total. The van der Waals surface area contributed by atoms with Gasteiger partial charge in [-0.3, -0.25) is 9.59 Å². The number of amides is 1. The lowest BCUT2D eigenvalue weighted by Crippen LogP contribution is -2.68. The summed E-state index contributed by atoms with van der Waals surface area (Å²) in [5.41, 5.74) is 0. The van der Waals surface area contributed by atoms with Gasteiger partial charge in [-0.2, -0.15) is 0 Å². The maximum Gasteiger partial charge on any atom is 0.308 e. The van der Waals surface area contributed by atoms with Gasteiger partial charge in [0.15, 0.2) is 4.75 Å². The van der Waals surface area contributed by atoms with Crippen LogP contribution in [0.2, 0.25) is 0 Å². The molecule has 1 aliphatic rings. The monoisotopic (exact) mass is 263 g/mol. The Morgan fingerprint density at radius 3 is 2.18 bits per heavy atom. The molecule has 0 bridgehead atoms. The molecule has 1 fully saturated rings. The van der Waals surface area contributed by atoms with Crippen molar-refractivity contribution in [2.75, 3.05) is 6.54 Å². The molecule has 17 heavy (non-hydrogen) atoms. The lowest BCUT2D eigenvalue weighted by atomic mass is 9.95. The molecule has 7 heteroatoms. The number of aliphatic carboxylic acids is 1. The highest BCUT2D eigenvalue weighted by Crippen LogP contribution is 2.36. The fraction of sp³-hybridized carbons (Fsp3) is 0.800. The van der Waals surface area contributed by atoms with E-state index in [9.17, 15) is 18.0 Å². The Balaban J connectivity index is 2.92. The molecule has 1 rings (SSSR count). The highest BCUT2D eigenvalue weighted by atomic mass is 32.2. The van der Waals surface area contributed by atoms with Crippen LogP contribution in [-0.2, 0) is 19.6 Å². The van der Waals surface area contributed by atoms with Crippen molar-refractivity contribution in [3.8, 4) is 0 Å². The van der Waals surface area contributed by atoms with E-state index in [2.05, 4.69) is 0 Å². The number of carboxylic acids is 1. The maximum absolute atomic E-state index is 11.8. The SMILES string of the molecule is CC(C)C(CN1C(=O)C(C)(C)S1(=O)=O)C(=O)O. The van der Waals surface area contributed by atoms with Gasteiger partial charge >= 0.3 is 5.97 Å². The van der Waals surface area contributed by atoms with Gasteiger partial charge in [-0.25, -0.2) is 12.7 Å². The molecule has 0 aromatic heterocycles. The van der Waals surface area contributed by atoms with E-state index in [4.69, 9.17) is 5.11 Å². The smallest absolute Gasteiger partial charge is 0.308 e. The molecule has 1 aliphatic heterocycles. The van der Waals surface area contributed by atoms with Crippen molar-refractivity contribution < 1.29 is 23.1 Å². The summed E-state index contributed by atoms with van der Waals surface area (Å²) in [5.74, 6) is -2.74. The van der Waals surface area contributed by atoms with Gasteiger partial charge in [0.2, 0.25) is 0 Å². The Kier molecular flexibility index (Phi) is 3.26. The van der Waals surface area contributed by atoms with E-state index in [0.717, 1.165) is 0 Å².